The summed E-state index contributed by atoms with van der Waals surface area (Å²) in [4.78, 5) is 20.0. The zero-order chi connectivity index (χ0) is 21.5. The van der Waals surface area contributed by atoms with Gasteiger partial charge in [-0.25, -0.2) is 4.98 Å². The van der Waals surface area contributed by atoms with E-state index in [9.17, 15) is 4.79 Å². The van der Waals surface area contributed by atoms with Gasteiger partial charge in [-0.15, -0.1) is 0 Å². The summed E-state index contributed by atoms with van der Waals surface area (Å²) in [5.41, 5.74) is 7.98. The molecule has 4 aromatic rings. The van der Waals surface area contributed by atoms with Gasteiger partial charge in [0.25, 0.3) is 0 Å². The van der Waals surface area contributed by atoms with Gasteiger partial charge in [-0.1, -0.05) is 59.7 Å². The summed E-state index contributed by atoms with van der Waals surface area (Å²) >= 11 is 0. The Hall–Kier alpha value is -3.40. The zero-order valence-corrected chi connectivity index (χ0v) is 18.3. The van der Waals surface area contributed by atoms with Crippen LogP contribution in [-0.2, 0) is 11.3 Å². The second-order valence-corrected chi connectivity index (χ2v) is 8.73. The maximum atomic E-state index is 13.0. The van der Waals surface area contributed by atoms with E-state index in [1.165, 1.54) is 16.7 Å². The van der Waals surface area contributed by atoms with Crippen LogP contribution in [0, 0.1) is 20.8 Å². The smallest absolute Gasteiger partial charge is 0.227 e. The Kier molecular flexibility index (Phi) is 4.85. The van der Waals surface area contributed by atoms with Crippen molar-refractivity contribution in [3.05, 3.63) is 94.8 Å². The Balaban J connectivity index is 1.53. The van der Waals surface area contributed by atoms with Crippen LogP contribution in [0.1, 0.15) is 40.4 Å². The van der Waals surface area contributed by atoms with Crippen LogP contribution in [0.25, 0.3) is 11.0 Å². The van der Waals surface area contributed by atoms with Gasteiger partial charge in [0.2, 0.25) is 5.91 Å². The molecule has 4 heteroatoms. The Bertz CT molecular complexity index is 1290. The second kappa shape index (κ2) is 7.69. The molecule has 1 aromatic heterocycles. The van der Waals surface area contributed by atoms with Crippen LogP contribution < -0.4 is 4.90 Å². The van der Waals surface area contributed by atoms with Crippen LogP contribution in [0.15, 0.2) is 66.7 Å². The maximum Gasteiger partial charge on any atom is 0.227 e. The van der Waals surface area contributed by atoms with Gasteiger partial charge in [0, 0.05) is 31.1 Å². The predicted molar refractivity (Wildman–Crippen MR) is 126 cm³/mol. The van der Waals surface area contributed by atoms with Gasteiger partial charge in [0.05, 0.1) is 11.0 Å². The Morgan fingerprint density at radius 2 is 1.74 bits per heavy atom. The molecule has 1 saturated heterocycles. The molecule has 5 rings (SSSR count). The summed E-state index contributed by atoms with van der Waals surface area (Å²) < 4.78 is 2.30. The summed E-state index contributed by atoms with van der Waals surface area (Å²) in [5.74, 6) is 1.25. The Labute approximate surface area is 183 Å². The molecule has 0 radical (unpaired) electrons. The molecule has 156 valence electrons. The van der Waals surface area contributed by atoms with Gasteiger partial charge in [-0.2, -0.15) is 0 Å². The van der Waals surface area contributed by atoms with Gasteiger partial charge in [-0.05, 0) is 50.1 Å². The quantitative estimate of drug-likeness (QED) is 0.444. The number of carbonyl (C=O) groups excluding carboxylic acids is 1. The lowest BCUT2D eigenvalue weighted by Crippen LogP contribution is -2.25. The summed E-state index contributed by atoms with van der Waals surface area (Å²) in [6.07, 6.45) is 0.491. The summed E-state index contributed by atoms with van der Waals surface area (Å²) in [5, 5.41) is 0. The lowest BCUT2D eigenvalue weighted by Gasteiger charge is -2.20. The van der Waals surface area contributed by atoms with E-state index >= 15 is 0 Å². The SMILES string of the molecule is Cc1cccc(Cn2c(C3CC(=O)N(c4ccc(C)cc4C)C3)nc3ccccc32)c1. The predicted octanol–water partition coefficient (Wildman–Crippen LogP) is 5.53. The van der Waals surface area contributed by atoms with Crippen molar-refractivity contribution in [1.29, 1.82) is 0 Å². The third-order valence-corrected chi connectivity index (χ3v) is 6.24. The highest BCUT2D eigenvalue weighted by Crippen LogP contribution is 2.35. The fraction of sp³-hybridized carbons (Fsp3) is 0.259. The molecular formula is C27H27N3O. The molecule has 1 atom stereocenters. The van der Waals surface area contributed by atoms with Crippen molar-refractivity contribution in [2.45, 2.75) is 39.7 Å². The first-order valence-corrected chi connectivity index (χ1v) is 10.9. The van der Waals surface area contributed by atoms with E-state index in [4.69, 9.17) is 4.98 Å². The van der Waals surface area contributed by atoms with E-state index in [2.05, 4.69) is 86.0 Å². The number of anilines is 1. The van der Waals surface area contributed by atoms with Gasteiger partial charge in [0.15, 0.2) is 0 Å². The number of aryl methyl sites for hydroxylation is 3. The van der Waals surface area contributed by atoms with Gasteiger partial charge in [0.1, 0.15) is 5.82 Å². The first-order chi connectivity index (χ1) is 15.0. The van der Waals surface area contributed by atoms with Crippen molar-refractivity contribution in [1.82, 2.24) is 9.55 Å². The molecule has 1 unspecified atom stereocenters. The second-order valence-electron chi connectivity index (χ2n) is 8.73. The van der Waals surface area contributed by atoms with E-state index in [-0.39, 0.29) is 11.8 Å². The van der Waals surface area contributed by atoms with Crippen molar-refractivity contribution < 1.29 is 4.79 Å². The molecule has 3 aromatic carbocycles. The van der Waals surface area contributed by atoms with Gasteiger partial charge < -0.3 is 9.47 Å². The van der Waals surface area contributed by atoms with Crippen molar-refractivity contribution in [2.75, 3.05) is 11.4 Å². The number of para-hydroxylation sites is 2. The molecule has 0 saturated carbocycles. The lowest BCUT2D eigenvalue weighted by atomic mass is 10.1. The minimum atomic E-state index is 0.0745. The van der Waals surface area contributed by atoms with E-state index in [0.717, 1.165) is 34.7 Å². The number of imidazole rings is 1. The molecule has 1 fully saturated rings. The first-order valence-electron chi connectivity index (χ1n) is 10.9. The van der Waals surface area contributed by atoms with Gasteiger partial charge in [-0.3, -0.25) is 4.79 Å². The lowest BCUT2D eigenvalue weighted by molar-refractivity contribution is -0.117. The molecule has 2 heterocycles. The van der Waals surface area contributed by atoms with E-state index in [0.29, 0.717) is 13.0 Å². The summed E-state index contributed by atoms with van der Waals surface area (Å²) in [6.45, 7) is 7.70. The highest BCUT2D eigenvalue weighted by atomic mass is 16.2. The third kappa shape index (κ3) is 3.63. The summed E-state index contributed by atoms with van der Waals surface area (Å²) in [7, 11) is 0. The van der Waals surface area contributed by atoms with E-state index in [1.807, 2.05) is 11.0 Å². The monoisotopic (exact) mass is 409 g/mol. The molecule has 4 nitrogen and oxygen atoms in total. The minimum Gasteiger partial charge on any atom is -0.323 e. The normalized spacial score (nSPS) is 16.4. The van der Waals surface area contributed by atoms with Crippen molar-refractivity contribution in [2.24, 2.45) is 0 Å². The molecule has 1 aliphatic heterocycles. The van der Waals surface area contributed by atoms with Crippen molar-refractivity contribution in [3.63, 3.8) is 0 Å². The highest BCUT2D eigenvalue weighted by molar-refractivity contribution is 5.97. The maximum absolute atomic E-state index is 13.0. The fourth-order valence-corrected chi connectivity index (χ4v) is 4.79. The molecule has 0 bridgehead atoms. The largest absolute Gasteiger partial charge is 0.323 e. The van der Waals surface area contributed by atoms with Crippen LogP contribution in [0.5, 0.6) is 0 Å². The molecule has 1 amide bonds. The average Bonchev–Trinajstić information content (AvgIpc) is 3.29. The van der Waals surface area contributed by atoms with Crippen LogP contribution in [0.2, 0.25) is 0 Å². The van der Waals surface area contributed by atoms with Crippen LogP contribution in [-0.4, -0.2) is 22.0 Å². The van der Waals surface area contributed by atoms with E-state index < -0.39 is 0 Å². The molecule has 0 spiro atoms. The first kappa shape index (κ1) is 19.6. The standard InChI is InChI=1S/C27H27N3O/c1-18-7-6-8-21(14-18)16-30-25-10-5-4-9-23(25)28-27(30)22-15-26(31)29(17-22)24-12-11-19(2)13-20(24)3/h4-14,22H,15-17H2,1-3H3. The number of rotatable bonds is 4. The zero-order valence-electron chi connectivity index (χ0n) is 18.3. The number of amides is 1. The topological polar surface area (TPSA) is 38.1 Å². The number of aromatic nitrogens is 2. The van der Waals surface area contributed by atoms with Crippen LogP contribution in [0.3, 0.4) is 0 Å². The Morgan fingerprint density at radius 3 is 2.55 bits per heavy atom. The number of carbonyl (C=O) groups is 1. The molecule has 0 N–H and O–H groups in total. The number of benzene rings is 3. The molecular weight excluding hydrogens is 382 g/mol. The number of hydrogen-bond acceptors (Lipinski definition) is 2. The minimum absolute atomic E-state index is 0.0745. The highest BCUT2D eigenvalue weighted by Gasteiger charge is 2.35. The Morgan fingerprint density at radius 1 is 0.935 bits per heavy atom. The van der Waals surface area contributed by atoms with Crippen LogP contribution in [0.4, 0.5) is 5.69 Å². The third-order valence-electron chi connectivity index (χ3n) is 6.24. The molecule has 31 heavy (non-hydrogen) atoms. The van der Waals surface area contributed by atoms with Crippen molar-refractivity contribution in [3.8, 4) is 0 Å². The van der Waals surface area contributed by atoms with Crippen LogP contribution >= 0.6 is 0 Å². The van der Waals surface area contributed by atoms with E-state index in [1.54, 1.807) is 0 Å². The number of fused-ring (bicyclic) bond motifs is 1. The molecule has 1 aliphatic rings. The van der Waals surface area contributed by atoms with Gasteiger partial charge >= 0.3 is 0 Å². The number of hydrogen-bond donors (Lipinski definition) is 0. The van der Waals surface area contributed by atoms with Crippen molar-refractivity contribution >= 4 is 22.6 Å². The summed E-state index contributed by atoms with van der Waals surface area (Å²) in [6, 6.07) is 23.2. The average molecular weight is 410 g/mol. The number of nitrogens with zero attached hydrogens (tertiary/aromatic N) is 3. The fourth-order valence-electron chi connectivity index (χ4n) is 4.79. The molecule has 0 aliphatic carbocycles.